The predicted molar refractivity (Wildman–Crippen MR) is 80.5 cm³/mol. The highest BCUT2D eigenvalue weighted by Crippen LogP contribution is 2.32. The molecule has 20 heavy (non-hydrogen) atoms. The molecule has 2 aromatic rings. The van der Waals surface area contributed by atoms with Crippen LogP contribution in [0, 0.1) is 6.92 Å². The maximum Gasteiger partial charge on any atom is 0.261 e. The smallest absolute Gasteiger partial charge is 0.261 e. The van der Waals surface area contributed by atoms with E-state index >= 15 is 0 Å². The summed E-state index contributed by atoms with van der Waals surface area (Å²) in [7, 11) is 0. The summed E-state index contributed by atoms with van der Waals surface area (Å²) in [6.45, 7) is 1.77. The number of rotatable bonds is 6. The highest BCUT2D eigenvalue weighted by atomic mass is 79.9. The lowest BCUT2D eigenvalue weighted by Crippen LogP contribution is -2.06. The molecule has 0 aliphatic rings. The summed E-state index contributed by atoms with van der Waals surface area (Å²) in [5.74, 6) is 0. The SMILES string of the molecule is Cc1sc(CCOCC(F)F)nc1-c1ccccc1Br. The average molecular weight is 362 g/mol. The molecule has 108 valence electrons. The largest absolute Gasteiger partial charge is 0.375 e. The first-order chi connectivity index (χ1) is 9.58. The molecule has 0 N–H and O–H groups in total. The van der Waals surface area contributed by atoms with Gasteiger partial charge in [-0.25, -0.2) is 13.8 Å². The van der Waals surface area contributed by atoms with Crippen LogP contribution in [0.2, 0.25) is 0 Å². The number of nitrogens with zero attached hydrogens (tertiary/aromatic N) is 1. The van der Waals surface area contributed by atoms with Gasteiger partial charge < -0.3 is 4.74 Å². The van der Waals surface area contributed by atoms with E-state index in [0.717, 1.165) is 25.6 Å². The summed E-state index contributed by atoms with van der Waals surface area (Å²) >= 11 is 5.09. The minimum Gasteiger partial charge on any atom is -0.375 e. The van der Waals surface area contributed by atoms with E-state index in [9.17, 15) is 8.78 Å². The quantitative estimate of drug-likeness (QED) is 0.695. The van der Waals surface area contributed by atoms with Crippen LogP contribution in [-0.2, 0) is 11.2 Å². The zero-order chi connectivity index (χ0) is 14.5. The lowest BCUT2D eigenvalue weighted by Gasteiger charge is -2.02. The molecule has 0 atom stereocenters. The van der Waals surface area contributed by atoms with Gasteiger partial charge in [-0.15, -0.1) is 11.3 Å². The number of aryl methyl sites for hydroxylation is 1. The van der Waals surface area contributed by atoms with Crippen LogP contribution in [0.15, 0.2) is 28.7 Å². The van der Waals surface area contributed by atoms with E-state index in [-0.39, 0.29) is 6.61 Å². The zero-order valence-corrected chi connectivity index (χ0v) is 13.3. The molecule has 0 spiro atoms. The molecule has 0 amide bonds. The molecule has 1 aromatic carbocycles. The molecule has 0 saturated heterocycles. The van der Waals surface area contributed by atoms with E-state index in [1.54, 1.807) is 11.3 Å². The number of benzene rings is 1. The molecule has 0 aliphatic heterocycles. The molecule has 0 saturated carbocycles. The fourth-order valence-electron chi connectivity index (χ4n) is 1.79. The molecule has 2 nitrogen and oxygen atoms in total. The van der Waals surface area contributed by atoms with Gasteiger partial charge in [-0.05, 0) is 13.0 Å². The molecule has 0 unspecified atom stereocenters. The third-order valence-electron chi connectivity index (χ3n) is 2.67. The summed E-state index contributed by atoms with van der Waals surface area (Å²) in [5, 5.41) is 0.905. The third-order valence-corrected chi connectivity index (χ3v) is 4.40. The number of hydrogen-bond acceptors (Lipinski definition) is 3. The number of halogens is 3. The first kappa shape index (κ1) is 15.5. The second-order valence-electron chi connectivity index (χ2n) is 4.21. The van der Waals surface area contributed by atoms with Crippen molar-refractivity contribution in [3.8, 4) is 11.3 Å². The van der Waals surface area contributed by atoms with E-state index in [1.165, 1.54) is 0 Å². The molecule has 0 aliphatic carbocycles. The van der Waals surface area contributed by atoms with Crippen LogP contribution in [-0.4, -0.2) is 24.6 Å². The average Bonchev–Trinajstić information content (AvgIpc) is 2.76. The van der Waals surface area contributed by atoms with Crippen LogP contribution in [0.1, 0.15) is 9.88 Å². The first-order valence-corrected chi connectivity index (χ1v) is 7.76. The molecule has 0 radical (unpaired) electrons. The number of thiazole rings is 1. The number of alkyl halides is 2. The second-order valence-corrected chi connectivity index (χ2v) is 6.35. The van der Waals surface area contributed by atoms with E-state index in [2.05, 4.69) is 20.9 Å². The van der Waals surface area contributed by atoms with Crippen molar-refractivity contribution in [2.45, 2.75) is 19.8 Å². The molecule has 6 heteroatoms. The second kappa shape index (κ2) is 7.24. The Morgan fingerprint density at radius 2 is 2.10 bits per heavy atom. The summed E-state index contributed by atoms with van der Waals surface area (Å²) in [6, 6.07) is 7.89. The van der Waals surface area contributed by atoms with Gasteiger partial charge in [0.05, 0.1) is 17.3 Å². The molecule has 1 aromatic heterocycles. The Hall–Kier alpha value is -0.850. The molecule has 0 bridgehead atoms. The van der Waals surface area contributed by atoms with Gasteiger partial charge in [0, 0.05) is 21.3 Å². The van der Waals surface area contributed by atoms with Gasteiger partial charge >= 0.3 is 0 Å². The lowest BCUT2D eigenvalue weighted by molar-refractivity contribution is 0.0187. The maximum atomic E-state index is 12.0. The van der Waals surface area contributed by atoms with Gasteiger partial charge in [-0.2, -0.15) is 0 Å². The highest BCUT2D eigenvalue weighted by molar-refractivity contribution is 9.10. The van der Waals surface area contributed by atoms with Crippen molar-refractivity contribution < 1.29 is 13.5 Å². The summed E-state index contributed by atoms with van der Waals surface area (Å²) < 4.78 is 29.8. The van der Waals surface area contributed by atoms with E-state index in [1.807, 2.05) is 31.2 Å². The molecule has 2 rings (SSSR count). The maximum absolute atomic E-state index is 12.0. The van der Waals surface area contributed by atoms with Gasteiger partial charge in [-0.1, -0.05) is 34.1 Å². The van der Waals surface area contributed by atoms with E-state index in [4.69, 9.17) is 4.74 Å². The lowest BCUT2D eigenvalue weighted by atomic mass is 10.1. The Labute approximate surface area is 128 Å². The molecule has 1 heterocycles. The minimum absolute atomic E-state index is 0.271. The van der Waals surface area contributed by atoms with Crippen LogP contribution in [0.4, 0.5) is 8.78 Å². The van der Waals surface area contributed by atoms with Gasteiger partial charge in [0.15, 0.2) is 0 Å². The molecule has 0 fully saturated rings. The standard InChI is InChI=1S/C14H14BrF2NOS/c1-9-14(10-4-2-3-5-11(10)15)18-13(20-9)6-7-19-8-12(16)17/h2-5,12H,6-8H2,1H3. The Bertz CT molecular complexity index is 574. The van der Waals surface area contributed by atoms with E-state index < -0.39 is 13.0 Å². The van der Waals surface area contributed by atoms with Crippen LogP contribution in [0.3, 0.4) is 0 Å². The van der Waals surface area contributed by atoms with Crippen LogP contribution < -0.4 is 0 Å². The Kier molecular flexibility index (Phi) is 5.63. The topological polar surface area (TPSA) is 22.1 Å². The van der Waals surface area contributed by atoms with Gasteiger partial charge in [-0.3, -0.25) is 0 Å². The van der Waals surface area contributed by atoms with Crippen LogP contribution >= 0.6 is 27.3 Å². The van der Waals surface area contributed by atoms with Crippen molar-refractivity contribution in [1.82, 2.24) is 4.98 Å². The Morgan fingerprint density at radius 1 is 1.35 bits per heavy atom. The van der Waals surface area contributed by atoms with Crippen LogP contribution in [0.25, 0.3) is 11.3 Å². The molecular weight excluding hydrogens is 348 g/mol. The van der Waals surface area contributed by atoms with E-state index in [0.29, 0.717) is 6.42 Å². The van der Waals surface area contributed by atoms with Gasteiger partial charge in [0.2, 0.25) is 0 Å². The first-order valence-electron chi connectivity index (χ1n) is 6.15. The van der Waals surface area contributed by atoms with Crippen molar-refractivity contribution >= 4 is 27.3 Å². The normalized spacial score (nSPS) is 11.2. The predicted octanol–water partition coefficient (Wildman–Crippen LogP) is 4.71. The van der Waals surface area contributed by atoms with Crippen molar-refractivity contribution in [1.29, 1.82) is 0 Å². The fourth-order valence-corrected chi connectivity index (χ4v) is 3.19. The van der Waals surface area contributed by atoms with Crippen molar-refractivity contribution in [3.05, 3.63) is 38.6 Å². The van der Waals surface area contributed by atoms with Gasteiger partial charge in [0.25, 0.3) is 6.43 Å². The minimum atomic E-state index is -2.41. The molecular formula is C14H14BrF2NOS. The summed E-state index contributed by atoms with van der Waals surface area (Å²) in [4.78, 5) is 5.69. The zero-order valence-electron chi connectivity index (χ0n) is 10.9. The monoisotopic (exact) mass is 361 g/mol. The highest BCUT2D eigenvalue weighted by Gasteiger charge is 2.12. The Balaban J connectivity index is 2.05. The third kappa shape index (κ3) is 4.07. The number of aromatic nitrogens is 1. The van der Waals surface area contributed by atoms with Crippen LogP contribution in [0.5, 0.6) is 0 Å². The summed E-state index contributed by atoms with van der Waals surface area (Å²) in [5.41, 5.74) is 1.98. The number of ether oxygens (including phenoxy) is 1. The summed E-state index contributed by atoms with van der Waals surface area (Å²) in [6.07, 6.45) is -1.85. The number of hydrogen-bond donors (Lipinski definition) is 0. The van der Waals surface area contributed by atoms with Crippen molar-refractivity contribution in [3.63, 3.8) is 0 Å². The fraction of sp³-hybridized carbons (Fsp3) is 0.357. The van der Waals surface area contributed by atoms with Crippen molar-refractivity contribution in [2.75, 3.05) is 13.2 Å². The van der Waals surface area contributed by atoms with Crippen molar-refractivity contribution in [2.24, 2.45) is 0 Å². The van der Waals surface area contributed by atoms with Gasteiger partial charge in [0.1, 0.15) is 6.61 Å². The Morgan fingerprint density at radius 3 is 2.80 bits per heavy atom.